The zero-order valence-corrected chi connectivity index (χ0v) is 12.9. The molecular weight excluding hydrogens is 276 g/mol. The van der Waals surface area contributed by atoms with Crippen molar-refractivity contribution in [2.45, 2.75) is 37.6 Å². The molecule has 0 bridgehead atoms. The predicted octanol–water partition coefficient (Wildman–Crippen LogP) is 3.53. The van der Waals surface area contributed by atoms with Crippen LogP contribution in [0.5, 0.6) is 0 Å². The lowest BCUT2D eigenvalue weighted by Crippen LogP contribution is -2.37. The van der Waals surface area contributed by atoms with Gasteiger partial charge in [-0.3, -0.25) is 0 Å². The van der Waals surface area contributed by atoms with Crippen molar-refractivity contribution in [3.8, 4) is 0 Å². The number of anilines is 1. The fourth-order valence-corrected chi connectivity index (χ4v) is 3.74. The SMILES string of the molecule is CC1CN(c2cc(Cl)ccc2CNC2CC2)CCS1. The maximum atomic E-state index is 6.20. The normalized spacial score (nSPS) is 23.7. The minimum atomic E-state index is 0.706. The van der Waals surface area contributed by atoms with Gasteiger partial charge in [-0.05, 0) is 30.5 Å². The summed E-state index contributed by atoms with van der Waals surface area (Å²) in [7, 11) is 0. The summed E-state index contributed by atoms with van der Waals surface area (Å²) in [5, 5.41) is 5.16. The summed E-state index contributed by atoms with van der Waals surface area (Å²) < 4.78 is 0. The van der Waals surface area contributed by atoms with Gasteiger partial charge in [0.05, 0.1) is 0 Å². The molecule has 19 heavy (non-hydrogen) atoms. The Morgan fingerprint density at radius 3 is 3.00 bits per heavy atom. The van der Waals surface area contributed by atoms with Crippen molar-refractivity contribution in [2.75, 3.05) is 23.7 Å². The van der Waals surface area contributed by atoms with Crippen molar-refractivity contribution in [2.24, 2.45) is 0 Å². The van der Waals surface area contributed by atoms with Crippen LogP contribution < -0.4 is 10.2 Å². The highest BCUT2D eigenvalue weighted by molar-refractivity contribution is 8.00. The van der Waals surface area contributed by atoms with Crippen LogP contribution >= 0.6 is 23.4 Å². The highest BCUT2D eigenvalue weighted by Crippen LogP contribution is 2.30. The van der Waals surface area contributed by atoms with Gasteiger partial charge in [0.25, 0.3) is 0 Å². The predicted molar refractivity (Wildman–Crippen MR) is 85.4 cm³/mol. The number of nitrogens with one attached hydrogen (secondary N) is 1. The molecule has 1 aliphatic carbocycles. The number of thioether (sulfide) groups is 1. The molecule has 3 rings (SSSR count). The summed E-state index contributed by atoms with van der Waals surface area (Å²) >= 11 is 8.26. The van der Waals surface area contributed by atoms with Gasteiger partial charge in [-0.25, -0.2) is 0 Å². The minimum absolute atomic E-state index is 0.706. The Hall–Kier alpha value is -0.380. The number of rotatable bonds is 4. The van der Waals surface area contributed by atoms with Gasteiger partial charge in [-0.2, -0.15) is 11.8 Å². The first-order valence-electron chi connectivity index (χ1n) is 7.11. The molecule has 0 radical (unpaired) electrons. The fourth-order valence-electron chi connectivity index (χ4n) is 2.56. The highest BCUT2D eigenvalue weighted by Gasteiger charge is 2.22. The van der Waals surface area contributed by atoms with Gasteiger partial charge in [0.2, 0.25) is 0 Å². The lowest BCUT2D eigenvalue weighted by Gasteiger charge is -2.34. The largest absolute Gasteiger partial charge is 0.369 e. The Kier molecular flexibility index (Phi) is 4.25. The highest BCUT2D eigenvalue weighted by atomic mass is 35.5. The van der Waals surface area contributed by atoms with Gasteiger partial charge in [0.15, 0.2) is 0 Å². The molecular formula is C15H21ClN2S. The second-order valence-electron chi connectivity index (χ2n) is 5.56. The molecule has 1 aromatic carbocycles. The van der Waals surface area contributed by atoms with E-state index in [-0.39, 0.29) is 0 Å². The van der Waals surface area contributed by atoms with Gasteiger partial charge in [0.1, 0.15) is 0 Å². The third-order valence-corrected chi connectivity index (χ3v) is 5.16. The molecule has 104 valence electrons. The Morgan fingerprint density at radius 2 is 2.26 bits per heavy atom. The van der Waals surface area contributed by atoms with E-state index in [4.69, 9.17) is 11.6 Å². The molecule has 1 atom stereocenters. The summed E-state index contributed by atoms with van der Waals surface area (Å²) in [6.45, 7) is 5.53. The maximum absolute atomic E-state index is 6.20. The van der Waals surface area contributed by atoms with E-state index in [2.05, 4.69) is 41.0 Å². The molecule has 1 aliphatic heterocycles. The summed E-state index contributed by atoms with van der Waals surface area (Å²) in [6.07, 6.45) is 2.67. The molecule has 1 heterocycles. The average molecular weight is 297 g/mol. The lowest BCUT2D eigenvalue weighted by atomic mass is 10.1. The maximum Gasteiger partial charge on any atom is 0.0427 e. The van der Waals surface area contributed by atoms with Crippen LogP contribution in [0.1, 0.15) is 25.3 Å². The van der Waals surface area contributed by atoms with E-state index in [0.29, 0.717) is 5.25 Å². The molecule has 1 unspecified atom stereocenters. The fraction of sp³-hybridized carbons (Fsp3) is 0.600. The summed E-state index contributed by atoms with van der Waals surface area (Å²) in [5.74, 6) is 1.21. The van der Waals surface area contributed by atoms with Crippen molar-refractivity contribution < 1.29 is 0 Å². The van der Waals surface area contributed by atoms with E-state index < -0.39 is 0 Å². The first-order chi connectivity index (χ1) is 9.22. The molecule has 0 spiro atoms. The smallest absolute Gasteiger partial charge is 0.0427 e. The monoisotopic (exact) mass is 296 g/mol. The second-order valence-corrected chi connectivity index (χ2v) is 7.54. The quantitative estimate of drug-likeness (QED) is 0.915. The van der Waals surface area contributed by atoms with E-state index in [0.717, 1.165) is 30.7 Å². The summed E-state index contributed by atoms with van der Waals surface area (Å²) in [4.78, 5) is 2.50. The van der Waals surface area contributed by atoms with Gasteiger partial charge in [0, 0.05) is 47.4 Å². The van der Waals surface area contributed by atoms with Crippen molar-refractivity contribution >= 4 is 29.1 Å². The third-order valence-electron chi connectivity index (χ3n) is 3.79. The van der Waals surface area contributed by atoms with Crippen molar-refractivity contribution in [1.29, 1.82) is 0 Å². The van der Waals surface area contributed by atoms with Crippen LogP contribution in [-0.4, -0.2) is 30.1 Å². The van der Waals surface area contributed by atoms with Crippen LogP contribution in [0.4, 0.5) is 5.69 Å². The lowest BCUT2D eigenvalue weighted by molar-refractivity contribution is 0.682. The summed E-state index contributed by atoms with van der Waals surface area (Å²) in [6, 6.07) is 7.07. The number of halogens is 1. The molecule has 2 nitrogen and oxygen atoms in total. The Balaban J connectivity index is 1.77. The topological polar surface area (TPSA) is 15.3 Å². The molecule has 1 N–H and O–H groups in total. The Morgan fingerprint density at radius 1 is 1.42 bits per heavy atom. The van der Waals surface area contributed by atoms with E-state index >= 15 is 0 Å². The van der Waals surface area contributed by atoms with Crippen LogP contribution in [0.25, 0.3) is 0 Å². The van der Waals surface area contributed by atoms with E-state index in [1.54, 1.807) is 0 Å². The Labute approximate surface area is 124 Å². The minimum Gasteiger partial charge on any atom is -0.369 e. The standard InChI is InChI=1S/C15H21ClN2S/c1-11-10-18(6-7-19-11)15-8-13(16)3-2-12(15)9-17-14-4-5-14/h2-3,8,11,14,17H,4-7,9-10H2,1H3. The van der Waals surface area contributed by atoms with Crippen LogP contribution in [0, 0.1) is 0 Å². The van der Waals surface area contributed by atoms with Crippen LogP contribution in [0.15, 0.2) is 18.2 Å². The molecule has 0 aromatic heterocycles. The zero-order chi connectivity index (χ0) is 13.2. The van der Waals surface area contributed by atoms with Crippen molar-refractivity contribution in [1.82, 2.24) is 5.32 Å². The van der Waals surface area contributed by atoms with Gasteiger partial charge >= 0.3 is 0 Å². The first-order valence-corrected chi connectivity index (χ1v) is 8.53. The number of nitrogens with zero attached hydrogens (tertiary/aromatic N) is 1. The molecule has 2 fully saturated rings. The van der Waals surface area contributed by atoms with Crippen molar-refractivity contribution in [3.63, 3.8) is 0 Å². The number of hydrogen-bond donors (Lipinski definition) is 1. The van der Waals surface area contributed by atoms with E-state index in [1.807, 2.05) is 6.07 Å². The summed E-state index contributed by atoms with van der Waals surface area (Å²) in [5.41, 5.74) is 2.71. The molecule has 1 aromatic rings. The number of hydrogen-bond acceptors (Lipinski definition) is 3. The Bertz CT molecular complexity index is 448. The van der Waals surface area contributed by atoms with Gasteiger partial charge in [-0.1, -0.05) is 24.6 Å². The van der Waals surface area contributed by atoms with Crippen molar-refractivity contribution in [3.05, 3.63) is 28.8 Å². The molecule has 4 heteroatoms. The van der Waals surface area contributed by atoms with Crippen LogP contribution in [-0.2, 0) is 6.54 Å². The van der Waals surface area contributed by atoms with Gasteiger partial charge in [-0.15, -0.1) is 0 Å². The first kappa shape index (κ1) is 13.6. The third kappa shape index (κ3) is 3.59. The van der Waals surface area contributed by atoms with E-state index in [1.165, 1.54) is 29.8 Å². The molecule has 2 aliphatic rings. The van der Waals surface area contributed by atoms with Crippen LogP contribution in [0.3, 0.4) is 0 Å². The molecule has 1 saturated heterocycles. The van der Waals surface area contributed by atoms with E-state index in [9.17, 15) is 0 Å². The van der Waals surface area contributed by atoms with Crippen LogP contribution in [0.2, 0.25) is 5.02 Å². The average Bonchev–Trinajstić information content (AvgIpc) is 3.21. The second kappa shape index (κ2) is 5.94. The number of benzene rings is 1. The van der Waals surface area contributed by atoms with Gasteiger partial charge < -0.3 is 10.2 Å². The molecule has 0 amide bonds. The zero-order valence-electron chi connectivity index (χ0n) is 11.4. The molecule has 1 saturated carbocycles.